The van der Waals surface area contributed by atoms with Crippen molar-refractivity contribution in [3.05, 3.63) is 59.7 Å². The minimum absolute atomic E-state index is 0.0361. The van der Waals surface area contributed by atoms with Crippen molar-refractivity contribution >= 4 is 17.7 Å². The molecule has 1 heterocycles. The summed E-state index contributed by atoms with van der Waals surface area (Å²) in [5.74, 6) is 1.42. The van der Waals surface area contributed by atoms with Gasteiger partial charge in [-0.25, -0.2) is 0 Å². The van der Waals surface area contributed by atoms with Gasteiger partial charge in [0.25, 0.3) is 0 Å². The summed E-state index contributed by atoms with van der Waals surface area (Å²) in [6.07, 6.45) is 5.50. The standard InChI is InChI=1S/C23H28N2O3/c1-24(2)19-11-7-17(8-12-19)9-14-23(26)25-15-5-6-20(25)18-10-13-21(27-3)22(16-18)28-4/h7-14,16,20H,5-6,15H2,1-4H3. The van der Waals surface area contributed by atoms with Gasteiger partial charge in [-0.15, -0.1) is 0 Å². The number of amides is 1. The SMILES string of the molecule is COc1ccc(C2CCCN2C(=O)C=Cc2ccc(N(C)C)cc2)cc1OC. The zero-order chi connectivity index (χ0) is 20.1. The van der Waals surface area contributed by atoms with E-state index in [4.69, 9.17) is 9.47 Å². The first-order valence-electron chi connectivity index (χ1n) is 9.51. The average molecular weight is 380 g/mol. The topological polar surface area (TPSA) is 42.0 Å². The van der Waals surface area contributed by atoms with Crippen LogP contribution in [0, 0.1) is 0 Å². The molecular weight excluding hydrogens is 352 g/mol. The van der Waals surface area contributed by atoms with Crippen LogP contribution in [0.25, 0.3) is 6.08 Å². The number of ether oxygens (including phenoxy) is 2. The lowest BCUT2D eigenvalue weighted by atomic mass is 10.0. The van der Waals surface area contributed by atoms with Gasteiger partial charge in [-0.05, 0) is 54.3 Å². The quantitative estimate of drug-likeness (QED) is 0.706. The second kappa shape index (κ2) is 8.83. The molecule has 1 aliphatic heterocycles. The molecule has 148 valence electrons. The molecule has 2 aromatic rings. The Hall–Kier alpha value is -2.95. The lowest BCUT2D eigenvalue weighted by Crippen LogP contribution is -2.28. The maximum absolute atomic E-state index is 12.8. The molecular formula is C23H28N2O3. The highest BCUT2D eigenvalue weighted by atomic mass is 16.5. The summed E-state index contributed by atoms with van der Waals surface area (Å²) in [5.41, 5.74) is 3.23. The van der Waals surface area contributed by atoms with E-state index in [1.807, 2.05) is 67.5 Å². The molecule has 1 atom stereocenters. The summed E-state index contributed by atoms with van der Waals surface area (Å²) >= 11 is 0. The number of methoxy groups -OCH3 is 2. The van der Waals surface area contributed by atoms with Crippen molar-refractivity contribution in [1.29, 1.82) is 0 Å². The highest BCUT2D eigenvalue weighted by molar-refractivity contribution is 5.92. The van der Waals surface area contributed by atoms with Gasteiger partial charge < -0.3 is 19.3 Å². The second-order valence-electron chi connectivity index (χ2n) is 7.12. The van der Waals surface area contributed by atoms with Crippen LogP contribution < -0.4 is 14.4 Å². The third-order valence-electron chi connectivity index (χ3n) is 5.16. The molecule has 5 heteroatoms. The summed E-state index contributed by atoms with van der Waals surface area (Å²) in [5, 5.41) is 0. The normalized spacial score (nSPS) is 16.4. The Morgan fingerprint density at radius 2 is 1.79 bits per heavy atom. The van der Waals surface area contributed by atoms with Gasteiger partial charge in [-0.2, -0.15) is 0 Å². The molecule has 1 unspecified atom stereocenters. The predicted octanol–water partition coefficient (Wildman–Crippen LogP) is 4.15. The Kier molecular flexibility index (Phi) is 6.24. The average Bonchev–Trinajstić information content (AvgIpc) is 3.21. The molecule has 5 nitrogen and oxygen atoms in total. The van der Waals surface area contributed by atoms with Crippen molar-refractivity contribution in [1.82, 2.24) is 4.90 Å². The van der Waals surface area contributed by atoms with E-state index in [0.29, 0.717) is 11.5 Å². The highest BCUT2D eigenvalue weighted by Gasteiger charge is 2.29. The van der Waals surface area contributed by atoms with Crippen LogP contribution in [0.4, 0.5) is 5.69 Å². The summed E-state index contributed by atoms with van der Waals surface area (Å²) < 4.78 is 10.7. The number of rotatable bonds is 6. The minimum Gasteiger partial charge on any atom is -0.493 e. The van der Waals surface area contributed by atoms with Crippen LogP contribution in [0.2, 0.25) is 0 Å². The lowest BCUT2D eigenvalue weighted by molar-refractivity contribution is -0.126. The van der Waals surface area contributed by atoms with Gasteiger partial charge in [0, 0.05) is 32.4 Å². The van der Waals surface area contributed by atoms with E-state index < -0.39 is 0 Å². The Morgan fingerprint density at radius 1 is 1.07 bits per heavy atom. The number of anilines is 1. The first kappa shape index (κ1) is 19.8. The van der Waals surface area contributed by atoms with Crippen LogP contribution in [0.15, 0.2) is 48.5 Å². The predicted molar refractivity (Wildman–Crippen MR) is 113 cm³/mol. The summed E-state index contributed by atoms with van der Waals surface area (Å²) in [6, 6.07) is 14.1. The van der Waals surface area contributed by atoms with Gasteiger partial charge in [-0.1, -0.05) is 18.2 Å². The molecule has 28 heavy (non-hydrogen) atoms. The monoisotopic (exact) mass is 380 g/mol. The zero-order valence-corrected chi connectivity index (χ0v) is 17.0. The van der Waals surface area contributed by atoms with Gasteiger partial charge in [-0.3, -0.25) is 4.79 Å². The zero-order valence-electron chi connectivity index (χ0n) is 17.0. The molecule has 1 aliphatic rings. The molecule has 2 aromatic carbocycles. The fourth-order valence-corrected chi connectivity index (χ4v) is 3.58. The van der Waals surface area contributed by atoms with E-state index in [2.05, 4.69) is 4.90 Å². The van der Waals surface area contributed by atoms with Gasteiger partial charge in [0.2, 0.25) is 5.91 Å². The molecule has 1 fully saturated rings. The Bertz CT molecular complexity index is 843. The molecule has 0 bridgehead atoms. The number of hydrogen-bond acceptors (Lipinski definition) is 4. The first-order chi connectivity index (χ1) is 13.5. The molecule has 0 aromatic heterocycles. The van der Waals surface area contributed by atoms with Crippen LogP contribution >= 0.6 is 0 Å². The van der Waals surface area contributed by atoms with Crippen molar-refractivity contribution in [2.45, 2.75) is 18.9 Å². The summed E-state index contributed by atoms with van der Waals surface area (Å²) in [7, 11) is 7.27. The second-order valence-corrected chi connectivity index (χ2v) is 7.12. The maximum atomic E-state index is 12.8. The third-order valence-corrected chi connectivity index (χ3v) is 5.16. The van der Waals surface area contributed by atoms with E-state index in [0.717, 1.165) is 36.2 Å². The number of carbonyl (C=O) groups excluding carboxylic acids is 1. The van der Waals surface area contributed by atoms with Crippen molar-refractivity contribution in [3.8, 4) is 11.5 Å². The van der Waals surface area contributed by atoms with Crippen molar-refractivity contribution in [2.75, 3.05) is 39.8 Å². The Balaban J connectivity index is 1.74. The van der Waals surface area contributed by atoms with Gasteiger partial charge in [0.15, 0.2) is 11.5 Å². The Labute approximate surface area is 167 Å². The summed E-state index contributed by atoms with van der Waals surface area (Å²) in [6.45, 7) is 0.766. The smallest absolute Gasteiger partial charge is 0.247 e. The fraction of sp³-hybridized carbons (Fsp3) is 0.348. The molecule has 0 radical (unpaired) electrons. The molecule has 0 saturated carbocycles. The minimum atomic E-state index is 0.0361. The van der Waals surface area contributed by atoms with Crippen LogP contribution in [-0.2, 0) is 4.79 Å². The number of hydrogen-bond donors (Lipinski definition) is 0. The molecule has 0 N–H and O–H groups in total. The van der Waals surface area contributed by atoms with Crippen LogP contribution in [0.3, 0.4) is 0 Å². The van der Waals surface area contributed by atoms with E-state index >= 15 is 0 Å². The van der Waals surface area contributed by atoms with Gasteiger partial charge in [0.1, 0.15) is 0 Å². The van der Waals surface area contributed by atoms with Crippen LogP contribution in [0.5, 0.6) is 11.5 Å². The number of likely N-dealkylation sites (tertiary alicyclic amines) is 1. The molecule has 0 spiro atoms. The summed E-state index contributed by atoms with van der Waals surface area (Å²) in [4.78, 5) is 16.8. The Morgan fingerprint density at radius 3 is 2.43 bits per heavy atom. The van der Waals surface area contributed by atoms with Crippen molar-refractivity contribution in [2.24, 2.45) is 0 Å². The molecule has 1 amide bonds. The lowest BCUT2D eigenvalue weighted by Gasteiger charge is -2.24. The molecule has 1 saturated heterocycles. The van der Waals surface area contributed by atoms with Gasteiger partial charge >= 0.3 is 0 Å². The van der Waals surface area contributed by atoms with Crippen LogP contribution in [0.1, 0.15) is 30.0 Å². The first-order valence-corrected chi connectivity index (χ1v) is 9.51. The van der Waals surface area contributed by atoms with Crippen molar-refractivity contribution < 1.29 is 14.3 Å². The fourth-order valence-electron chi connectivity index (χ4n) is 3.58. The highest BCUT2D eigenvalue weighted by Crippen LogP contribution is 2.37. The number of nitrogens with zero attached hydrogens (tertiary/aromatic N) is 2. The number of carbonyl (C=O) groups is 1. The number of benzene rings is 2. The van der Waals surface area contributed by atoms with E-state index in [1.54, 1.807) is 20.3 Å². The van der Waals surface area contributed by atoms with Crippen LogP contribution in [-0.4, -0.2) is 45.7 Å². The van der Waals surface area contributed by atoms with Gasteiger partial charge in [0.05, 0.1) is 20.3 Å². The third kappa shape index (κ3) is 4.30. The molecule has 3 rings (SSSR count). The van der Waals surface area contributed by atoms with Crippen molar-refractivity contribution in [3.63, 3.8) is 0 Å². The molecule has 0 aliphatic carbocycles. The van der Waals surface area contributed by atoms with E-state index in [1.165, 1.54) is 0 Å². The van der Waals surface area contributed by atoms with E-state index in [-0.39, 0.29) is 11.9 Å². The maximum Gasteiger partial charge on any atom is 0.247 e. The largest absolute Gasteiger partial charge is 0.493 e. The van der Waals surface area contributed by atoms with E-state index in [9.17, 15) is 4.79 Å².